The first-order chi connectivity index (χ1) is 7.30. The van der Waals surface area contributed by atoms with Crippen molar-refractivity contribution in [2.45, 2.75) is 4.90 Å². The number of halogens is 1. The summed E-state index contributed by atoms with van der Waals surface area (Å²) in [5.41, 5.74) is 0. The molecule has 88 valence electrons. The van der Waals surface area contributed by atoms with Gasteiger partial charge in [-0.05, 0) is 18.2 Å². The van der Waals surface area contributed by atoms with E-state index in [1.165, 1.54) is 18.2 Å². The standard InChI is InChI=1S/C8H8BrNO5S/c9-5-1-2-6(15-4-8(11)12)7(3-5)16(10,13)14/h1-3H,4H2,(H,11,12)(H2,10,13,14). The number of sulfonamides is 1. The van der Waals surface area contributed by atoms with E-state index in [0.717, 1.165) is 0 Å². The summed E-state index contributed by atoms with van der Waals surface area (Å²) in [5, 5.41) is 13.4. The second-order valence-electron chi connectivity index (χ2n) is 2.82. The SMILES string of the molecule is NS(=O)(=O)c1cc(Br)ccc1OCC(=O)O. The number of carboxylic acid groups (broad SMARTS) is 1. The van der Waals surface area contributed by atoms with Crippen LogP contribution in [-0.2, 0) is 14.8 Å². The fourth-order valence-corrected chi connectivity index (χ4v) is 2.17. The molecule has 0 saturated carbocycles. The number of carboxylic acids is 1. The van der Waals surface area contributed by atoms with Gasteiger partial charge >= 0.3 is 5.97 Å². The van der Waals surface area contributed by atoms with E-state index in [2.05, 4.69) is 15.9 Å². The Kier molecular flexibility index (Phi) is 3.89. The number of nitrogens with two attached hydrogens (primary N) is 1. The van der Waals surface area contributed by atoms with Crippen LogP contribution in [0.5, 0.6) is 5.75 Å². The van der Waals surface area contributed by atoms with Crippen LogP contribution < -0.4 is 9.88 Å². The third-order valence-electron chi connectivity index (χ3n) is 1.56. The lowest BCUT2D eigenvalue weighted by molar-refractivity contribution is -0.139. The molecule has 1 rings (SSSR count). The van der Waals surface area contributed by atoms with E-state index in [1.807, 2.05) is 0 Å². The molecule has 0 aliphatic rings. The van der Waals surface area contributed by atoms with Gasteiger partial charge in [0, 0.05) is 4.47 Å². The molecule has 1 aromatic rings. The molecule has 0 radical (unpaired) electrons. The Morgan fingerprint density at radius 3 is 2.62 bits per heavy atom. The van der Waals surface area contributed by atoms with Gasteiger partial charge in [-0.25, -0.2) is 18.4 Å². The highest BCUT2D eigenvalue weighted by atomic mass is 79.9. The molecule has 0 aliphatic carbocycles. The molecule has 0 aromatic heterocycles. The number of carbonyl (C=O) groups is 1. The lowest BCUT2D eigenvalue weighted by Gasteiger charge is -2.08. The van der Waals surface area contributed by atoms with Crippen molar-refractivity contribution in [2.24, 2.45) is 5.14 Å². The minimum atomic E-state index is -3.95. The van der Waals surface area contributed by atoms with Crippen LogP contribution >= 0.6 is 15.9 Å². The molecule has 0 heterocycles. The first-order valence-electron chi connectivity index (χ1n) is 3.97. The van der Waals surface area contributed by atoms with Gasteiger partial charge in [0.2, 0.25) is 10.0 Å². The van der Waals surface area contributed by atoms with Crippen LogP contribution in [0.25, 0.3) is 0 Å². The van der Waals surface area contributed by atoms with Crippen LogP contribution in [0.2, 0.25) is 0 Å². The van der Waals surface area contributed by atoms with Gasteiger partial charge in [-0.2, -0.15) is 0 Å². The summed E-state index contributed by atoms with van der Waals surface area (Å²) in [6, 6.07) is 4.09. The van der Waals surface area contributed by atoms with Crippen molar-refractivity contribution in [3.05, 3.63) is 22.7 Å². The summed E-state index contributed by atoms with van der Waals surface area (Å²) in [4.78, 5) is 10.0. The fourth-order valence-electron chi connectivity index (χ4n) is 0.963. The van der Waals surface area contributed by atoms with Crippen molar-refractivity contribution in [1.82, 2.24) is 0 Å². The maximum atomic E-state index is 11.2. The third-order valence-corrected chi connectivity index (χ3v) is 2.99. The van der Waals surface area contributed by atoms with E-state index in [9.17, 15) is 13.2 Å². The smallest absolute Gasteiger partial charge is 0.341 e. The maximum Gasteiger partial charge on any atom is 0.341 e. The fraction of sp³-hybridized carbons (Fsp3) is 0.125. The van der Waals surface area contributed by atoms with Gasteiger partial charge in [-0.15, -0.1) is 0 Å². The van der Waals surface area contributed by atoms with Crippen LogP contribution in [-0.4, -0.2) is 26.1 Å². The summed E-state index contributed by atoms with van der Waals surface area (Å²) in [5.74, 6) is -1.30. The minimum Gasteiger partial charge on any atom is -0.480 e. The number of hydrogen-bond acceptors (Lipinski definition) is 4. The van der Waals surface area contributed by atoms with Crippen LogP contribution in [0.3, 0.4) is 0 Å². The number of hydrogen-bond donors (Lipinski definition) is 2. The maximum absolute atomic E-state index is 11.2. The van der Waals surface area contributed by atoms with E-state index in [4.69, 9.17) is 15.0 Å². The van der Waals surface area contributed by atoms with Crippen molar-refractivity contribution in [3.8, 4) is 5.75 Å². The molecule has 16 heavy (non-hydrogen) atoms. The number of ether oxygens (including phenoxy) is 1. The number of aliphatic carboxylic acids is 1. The lowest BCUT2D eigenvalue weighted by atomic mass is 10.3. The molecule has 0 spiro atoms. The van der Waals surface area contributed by atoms with Gasteiger partial charge < -0.3 is 9.84 Å². The molecule has 1 aromatic carbocycles. The van der Waals surface area contributed by atoms with E-state index in [0.29, 0.717) is 4.47 Å². The molecule has 0 bridgehead atoms. The highest BCUT2D eigenvalue weighted by molar-refractivity contribution is 9.10. The number of rotatable bonds is 4. The topological polar surface area (TPSA) is 107 Å². The van der Waals surface area contributed by atoms with Gasteiger partial charge in [0.15, 0.2) is 6.61 Å². The van der Waals surface area contributed by atoms with E-state index in [-0.39, 0.29) is 10.6 Å². The van der Waals surface area contributed by atoms with Crippen molar-refractivity contribution >= 4 is 31.9 Å². The average Bonchev–Trinajstić information content (AvgIpc) is 2.14. The van der Waals surface area contributed by atoms with Gasteiger partial charge in [0.1, 0.15) is 10.6 Å². The highest BCUT2D eigenvalue weighted by Crippen LogP contribution is 2.26. The molecule has 0 unspecified atom stereocenters. The second-order valence-corrected chi connectivity index (χ2v) is 5.26. The van der Waals surface area contributed by atoms with Crippen LogP contribution in [0.1, 0.15) is 0 Å². The number of benzene rings is 1. The molecule has 3 N–H and O–H groups in total. The van der Waals surface area contributed by atoms with E-state index < -0.39 is 22.6 Å². The first-order valence-corrected chi connectivity index (χ1v) is 6.31. The molecule has 8 heteroatoms. The van der Waals surface area contributed by atoms with Crippen LogP contribution in [0, 0.1) is 0 Å². The van der Waals surface area contributed by atoms with Crippen LogP contribution in [0.4, 0.5) is 0 Å². The van der Waals surface area contributed by atoms with Gasteiger partial charge in [0.25, 0.3) is 0 Å². The summed E-state index contributed by atoms with van der Waals surface area (Å²) >= 11 is 3.08. The second kappa shape index (κ2) is 4.81. The van der Waals surface area contributed by atoms with Crippen molar-refractivity contribution < 1.29 is 23.1 Å². The summed E-state index contributed by atoms with van der Waals surface area (Å²) in [6.07, 6.45) is 0. The Labute approximate surface area is 100 Å². The Morgan fingerprint density at radius 2 is 2.12 bits per heavy atom. The summed E-state index contributed by atoms with van der Waals surface area (Å²) in [6.45, 7) is -0.635. The van der Waals surface area contributed by atoms with E-state index >= 15 is 0 Å². The third kappa shape index (κ3) is 3.47. The molecular formula is C8H8BrNO5S. The van der Waals surface area contributed by atoms with Gasteiger partial charge in [0.05, 0.1) is 0 Å². The van der Waals surface area contributed by atoms with E-state index in [1.54, 1.807) is 0 Å². The van der Waals surface area contributed by atoms with Crippen LogP contribution in [0.15, 0.2) is 27.6 Å². The Hall–Kier alpha value is -1.12. The summed E-state index contributed by atoms with van der Waals surface area (Å²) in [7, 11) is -3.95. The quantitative estimate of drug-likeness (QED) is 0.845. The number of primary sulfonamides is 1. The van der Waals surface area contributed by atoms with Gasteiger partial charge in [-0.1, -0.05) is 15.9 Å². The van der Waals surface area contributed by atoms with Crippen molar-refractivity contribution in [3.63, 3.8) is 0 Å². The Morgan fingerprint density at radius 1 is 1.50 bits per heavy atom. The average molecular weight is 310 g/mol. The molecule has 0 amide bonds. The minimum absolute atomic E-state index is 0.0897. The van der Waals surface area contributed by atoms with Crippen molar-refractivity contribution in [2.75, 3.05) is 6.61 Å². The molecule has 6 nitrogen and oxygen atoms in total. The zero-order valence-corrected chi connectivity index (χ0v) is 10.3. The zero-order valence-electron chi connectivity index (χ0n) is 7.88. The zero-order chi connectivity index (χ0) is 12.3. The molecule has 0 saturated heterocycles. The lowest BCUT2D eigenvalue weighted by Crippen LogP contribution is -2.16. The highest BCUT2D eigenvalue weighted by Gasteiger charge is 2.16. The first kappa shape index (κ1) is 12.9. The normalized spacial score (nSPS) is 11.1. The predicted molar refractivity (Wildman–Crippen MR) is 58.6 cm³/mol. The molecule has 0 fully saturated rings. The molecular weight excluding hydrogens is 302 g/mol. The molecule has 0 atom stereocenters. The van der Waals surface area contributed by atoms with Gasteiger partial charge in [-0.3, -0.25) is 0 Å². The Balaban J connectivity index is 3.13. The summed E-state index contributed by atoms with van der Waals surface area (Å²) < 4.78 is 27.7. The monoisotopic (exact) mass is 309 g/mol. The largest absolute Gasteiger partial charge is 0.480 e. The molecule has 0 aliphatic heterocycles. The Bertz CT molecular complexity index is 513. The van der Waals surface area contributed by atoms with Crippen molar-refractivity contribution in [1.29, 1.82) is 0 Å². The predicted octanol–water partition coefficient (Wildman–Crippen LogP) is 0.560.